The lowest BCUT2D eigenvalue weighted by molar-refractivity contribution is 0.324. The van der Waals surface area contributed by atoms with Crippen LogP contribution >= 0.6 is 0 Å². The maximum atomic E-state index is 5.71. The van der Waals surface area contributed by atoms with Crippen LogP contribution in [0.4, 0.5) is 5.69 Å². The first kappa shape index (κ1) is 12.5. The first-order chi connectivity index (χ1) is 8.90. The van der Waals surface area contributed by atoms with Crippen molar-refractivity contribution in [2.24, 2.45) is 0 Å². The van der Waals surface area contributed by atoms with E-state index in [1.54, 1.807) is 0 Å². The molecule has 2 heteroatoms. The van der Waals surface area contributed by atoms with Gasteiger partial charge < -0.3 is 9.64 Å². The van der Waals surface area contributed by atoms with E-state index < -0.39 is 0 Å². The number of hydrogen-bond acceptors (Lipinski definition) is 2. The lowest BCUT2D eigenvalue weighted by Gasteiger charge is -2.22. The van der Waals surface area contributed by atoms with Crippen molar-refractivity contribution in [3.63, 3.8) is 0 Å². The maximum Gasteiger partial charge on any atom is 0.119 e. The van der Waals surface area contributed by atoms with Crippen LogP contribution in [0.2, 0.25) is 0 Å². The molecule has 0 heterocycles. The van der Waals surface area contributed by atoms with Crippen LogP contribution in [0.3, 0.4) is 0 Å². The van der Waals surface area contributed by atoms with Gasteiger partial charge >= 0.3 is 0 Å². The Morgan fingerprint density at radius 2 is 1.94 bits per heavy atom. The highest BCUT2D eigenvalue weighted by molar-refractivity contribution is 5.45. The van der Waals surface area contributed by atoms with Crippen LogP contribution in [-0.2, 0) is 0 Å². The topological polar surface area (TPSA) is 12.5 Å². The van der Waals surface area contributed by atoms with E-state index >= 15 is 0 Å². The van der Waals surface area contributed by atoms with Crippen LogP contribution in [0, 0.1) is 6.07 Å². The quantitative estimate of drug-likeness (QED) is 0.767. The van der Waals surface area contributed by atoms with E-state index in [1.165, 1.54) is 5.69 Å². The first-order valence-electron chi connectivity index (χ1n) is 6.29. The minimum Gasteiger partial charge on any atom is -0.492 e. The number of para-hydroxylation sites is 1. The normalized spacial score (nSPS) is 10.1. The van der Waals surface area contributed by atoms with Crippen LogP contribution in [-0.4, -0.2) is 19.7 Å². The molecule has 0 aromatic heterocycles. The maximum absolute atomic E-state index is 5.71. The van der Waals surface area contributed by atoms with E-state index in [1.807, 2.05) is 48.5 Å². The molecule has 0 atom stereocenters. The fourth-order valence-electron chi connectivity index (χ4n) is 1.84. The first-order valence-corrected chi connectivity index (χ1v) is 6.29. The van der Waals surface area contributed by atoms with Gasteiger partial charge in [-0.05, 0) is 37.3 Å². The Kier molecular flexibility index (Phi) is 4.65. The molecule has 0 saturated heterocycles. The summed E-state index contributed by atoms with van der Waals surface area (Å²) in [6.07, 6.45) is 0. The third-order valence-electron chi connectivity index (χ3n) is 2.81. The van der Waals surface area contributed by atoms with Gasteiger partial charge in [-0.25, -0.2) is 0 Å². The second-order valence-electron chi connectivity index (χ2n) is 4.00. The average molecular weight is 240 g/mol. The Labute approximate surface area is 109 Å². The zero-order valence-corrected chi connectivity index (χ0v) is 10.7. The summed E-state index contributed by atoms with van der Waals surface area (Å²) >= 11 is 0. The molecule has 93 valence electrons. The van der Waals surface area contributed by atoms with Gasteiger partial charge in [-0.2, -0.15) is 0 Å². The zero-order chi connectivity index (χ0) is 12.6. The molecule has 0 aliphatic heterocycles. The van der Waals surface area contributed by atoms with Gasteiger partial charge in [0.25, 0.3) is 0 Å². The molecule has 0 unspecified atom stereocenters. The average Bonchev–Trinajstić information content (AvgIpc) is 2.46. The third-order valence-corrected chi connectivity index (χ3v) is 2.81. The van der Waals surface area contributed by atoms with Crippen molar-refractivity contribution >= 4 is 5.69 Å². The fraction of sp³-hybridized carbons (Fsp3) is 0.250. The van der Waals surface area contributed by atoms with E-state index in [0.717, 1.165) is 18.8 Å². The summed E-state index contributed by atoms with van der Waals surface area (Å²) in [5, 5.41) is 0. The van der Waals surface area contributed by atoms with Gasteiger partial charge in [-0.15, -0.1) is 0 Å². The van der Waals surface area contributed by atoms with Crippen molar-refractivity contribution in [1.82, 2.24) is 0 Å². The second kappa shape index (κ2) is 6.70. The second-order valence-corrected chi connectivity index (χ2v) is 4.00. The number of rotatable bonds is 6. The number of benzene rings is 2. The summed E-state index contributed by atoms with van der Waals surface area (Å²) < 4.78 is 5.71. The highest BCUT2D eigenvalue weighted by atomic mass is 16.5. The van der Waals surface area contributed by atoms with Crippen molar-refractivity contribution in [2.45, 2.75) is 6.92 Å². The van der Waals surface area contributed by atoms with Gasteiger partial charge in [0.2, 0.25) is 0 Å². The van der Waals surface area contributed by atoms with Gasteiger partial charge in [0.15, 0.2) is 0 Å². The van der Waals surface area contributed by atoms with Gasteiger partial charge in [-0.1, -0.05) is 30.3 Å². The lowest BCUT2D eigenvalue weighted by atomic mass is 10.3. The molecule has 2 aromatic rings. The van der Waals surface area contributed by atoms with Gasteiger partial charge in [0.1, 0.15) is 12.4 Å². The zero-order valence-electron chi connectivity index (χ0n) is 10.7. The Bertz CT molecular complexity index is 441. The Hall–Kier alpha value is -1.96. The van der Waals surface area contributed by atoms with Gasteiger partial charge in [0, 0.05) is 12.2 Å². The summed E-state index contributed by atoms with van der Waals surface area (Å²) in [6, 6.07) is 21.1. The number of anilines is 1. The molecule has 18 heavy (non-hydrogen) atoms. The van der Waals surface area contributed by atoms with Crippen LogP contribution in [0.1, 0.15) is 6.92 Å². The van der Waals surface area contributed by atoms with E-state index in [9.17, 15) is 0 Å². The summed E-state index contributed by atoms with van der Waals surface area (Å²) in [5.74, 6) is 0.924. The molecule has 0 N–H and O–H groups in total. The monoisotopic (exact) mass is 240 g/mol. The molecule has 2 rings (SSSR count). The summed E-state index contributed by atoms with van der Waals surface area (Å²) in [6.45, 7) is 4.68. The Morgan fingerprint density at radius 1 is 1.11 bits per heavy atom. The minimum absolute atomic E-state index is 0.687. The fourth-order valence-corrected chi connectivity index (χ4v) is 1.84. The van der Waals surface area contributed by atoms with Crippen LogP contribution < -0.4 is 9.64 Å². The van der Waals surface area contributed by atoms with E-state index in [0.29, 0.717) is 6.61 Å². The van der Waals surface area contributed by atoms with Crippen molar-refractivity contribution < 1.29 is 4.74 Å². The smallest absolute Gasteiger partial charge is 0.119 e. The van der Waals surface area contributed by atoms with E-state index in [4.69, 9.17) is 4.74 Å². The summed E-state index contributed by atoms with van der Waals surface area (Å²) in [7, 11) is 0. The Balaban J connectivity index is 1.85. The number of nitrogens with zero attached hydrogens (tertiary/aromatic N) is 1. The van der Waals surface area contributed by atoms with Crippen LogP contribution in [0.5, 0.6) is 5.75 Å². The number of likely N-dealkylation sites (N-methyl/N-ethyl adjacent to an activating group) is 1. The third kappa shape index (κ3) is 3.52. The molecular weight excluding hydrogens is 222 g/mol. The van der Waals surface area contributed by atoms with Crippen molar-refractivity contribution in [3.8, 4) is 5.75 Å². The SMILES string of the molecule is CCN(CCOc1ccccc1)c1c[c]ccc1. The number of ether oxygens (including phenoxy) is 1. The molecule has 0 aliphatic carbocycles. The predicted octanol–water partition coefficient (Wildman–Crippen LogP) is 3.39. The highest BCUT2D eigenvalue weighted by Crippen LogP contribution is 2.13. The molecule has 0 saturated carbocycles. The van der Waals surface area contributed by atoms with Crippen molar-refractivity contribution in [2.75, 3.05) is 24.6 Å². The van der Waals surface area contributed by atoms with Crippen LogP contribution in [0.25, 0.3) is 0 Å². The standard InChI is InChI=1S/C16H18NO/c1-2-17(15-9-5-3-6-10-15)13-14-18-16-11-7-4-8-12-16/h3-5,7-12H,2,13-14H2,1H3. The predicted molar refractivity (Wildman–Crippen MR) is 75.1 cm³/mol. The molecule has 0 fully saturated rings. The molecule has 0 aliphatic rings. The molecule has 2 aromatic carbocycles. The van der Waals surface area contributed by atoms with Crippen molar-refractivity contribution in [1.29, 1.82) is 0 Å². The molecular formula is C16H18NO. The number of hydrogen-bond donors (Lipinski definition) is 0. The van der Waals surface area contributed by atoms with E-state index in [2.05, 4.69) is 24.0 Å². The summed E-state index contributed by atoms with van der Waals surface area (Å²) in [5.41, 5.74) is 1.19. The lowest BCUT2D eigenvalue weighted by Crippen LogP contribution is -2.27. The van der Waals surface area contributed by atoms with Gasteiger partial charge in [0.05, 0.1) is 6.54 Å². The van der Waals surface area contributed by atoms with Crippen LogP contribution in [0.15, 0.2) is 54.6 Å². The molecule has 2 nitrogen and oxygen atoms in total. The minimum atomic E-state index is 0.687. The highest BCUT2D eigenvalue weighted by Gasteiger charge is 2.03. The largest absolute Gasteiger partial charge is 0.492 e. The summed E-state index contributed by atoms with van der Waals surface area (Å²) in [4.78, 5) is 2.28. The van der Waals surface area contributed by atoms with Crippen molar-refractivity contribution in [3.05, 3.63) is 60.7 Å². The van der Waals surface area contributed by atoms with E-state index in [-0.39, 0.29) is 0 Å². The van der Waals surface area contributed by atoms with Gasteiger partial charge in [-0.3, -0.25) is 0 Å². The molecule has 0 bridgehead atoms. The molecule has 0 amide bonds. The molecule has 0 spiro atoms. The molecule has 1 radical (unpaired) electrons. The Morgan fingerprint density at radius 3 is 2.61 bits per heavy atom.